The molecule has 1 aliphatic carbocycles. The fourth-order valence-electron chi connectivity index (χ4n) is 3.59. The minimum atomic E-state index is 0.265. The van der Waals surface area contributed by atoms with Crippen LogP contribution in [0.3, 0.4) is 0 Å². The average Bonchev–Trinajstić information content (AvgIpc) is 3.17. The quantitative estimate of drug-likeness (QED) is 0.648. The summed E-state index contributed by atoms with van der Waals surface area (Å²) in [6.07, 6.45) is 5.65. The standard InChI is InChI=1S/C19H26N4OS/c1-11(2)17(19-23-15-9-21-6-5-16(15)25-19)18(20-4)22-14-8-13(10-24)7-12(14)3/h5-6,9,12-14,24H,7-8,10H2,1-4H3,(H,20,22). The Morgan fingerprint density at radius 3 is 2.80 bits per heavy atom. The van der Waals surface area contributed by atoms with Crippen LogP contribution >= 0.6 is 11.3 Å². The minimum Gasteiger partial charge on any atom is -0.396 e. The van der Waals surface area contributed by atoms with E-state index in [9.17, 15) is 5.11 Å². The molecule has 2 heterocycles. The molecule has 0 bridgehead atoms. The molecule has 2 N–H and O–H groups in total. The predicted molar refractivity (Wildman–Crippen MR) is 105 cm³/mol. The molecule has 6 heteroatoms. The van der Waals surface area contributed by atoms with Gasteiger partial charge in [-0.15, -0.1) is 11.3 Å². The van der Waals surface area contributed by atoms with Crippen molar-refractivity contribution in [2.45, 2.75) is 39.7 Å². The summed E-state index contributed by atoms with van der Waals surface area (Å²) in [7, 11) is 1.82. The number of fused-ring (bicyclic) bond motifs is 1. The van der Waals surface area contributed by atoms with E-state index in [0.717, 1.165) is 39.5 Å². The van der Waals surface area contributed by atoms with E-state index < -0.39 is 0 Å². The van der Waals surface area contributed by atoms with Gasteiger partial charge in [-0.25, -0.2) is 4.98 Å². The molecule has 3 unspecified atom stereocenters. The number of hydrogen-bond acceptors (Lipinski definition) is 5. The molecule has 3 rings (SSSR count). The summed E-state index contributed by atoms with van der Waals surface area (Å²) < 4.78 is 1.13. The number of aliphatic hydroxyl groups is 1. The van der Waals surface area contributed by atoms with Crippen molar-refractivity contribution in [3.05, 3.63) is 29.0 Å². The van der Waals surface area contributed by atoms with Gasteiger partial charge in [-0.2, -0.15) is 0 Å². The van der Waals surface area contributed by atoms with Crippen molar-refractivity contribution >= 4 is 33.0 Å². The molecule has 0 saturated heterocycles. The molecule has 1 saturated carbocycles. The molecule has 25 heavy (non-hydrogen) atoms. The van der Waals surface area contributed by atoms with E-state index in [4.69, 9.17) is 4.98 Å². The molecule has 0 radical (unpaired) electrons. The summed E-state index contributed by atoms with van der Waals surface area (Å²) in [5, 5.41) is 14.1. The van der Waals surface area contributed by atoms with Crippen molar-refractivity contribution in [3.63, 3.8) is 0 Å². The number of hydrogen-bond donors (Lipinski definition) is 2. The van der Waals surface area contributed by atoms with E-state index in [0.29, 0.717) is 17.9 Å². The lowest BCUT2D eigenvalue weighted by Crippen LogP contribution is -2.37. The summed E-state index contributed by atoms with van der Waals surface area (Å²) in [5.41, 5.74) is 3.18. The van der Waals surface area contributed by atoms with Gasteiger partial charge in [0.2, 0.25) is 0 Å². The number of nitrogens with zero attached hydrogens (tertiary/aromatic N) is 3. The molecule has 0 aromatic carbocycles. The van der Waals surface area contributed by atoms with E-state index in [1.165, 1.54) is 5.57 Å². The third kappa shape index (κ3) is 3.75. The van der Waals surface area contributed by atoms with Gasteiger partial charge >= 0.3 is 0 Å². The van der Waals surface area contributed by atoms with Gasteiger partial charge in [0.1, 0.15) is 16.4 Å². The Labute approximate surface area is 152 Å². The van der Waals surface area contributed by atoms with Crippen LogP contribution in [0.4, 0.5) is 0 Å². The summed E-state index contributed by atoms with van der Waals surface area (Å²) >= 11 is 1.67. The smallest absolute Gasteiger partial charge is 0.131 e. The second-order valence-electron chi connectivity index (χ2n) is 7.06. The summed E-state index contributed by atoms with van der Waals surface area (Å²) in [5.74, 6) is 1.80. The van der Waals surface area contributed by atoms with Crippen LogP contribution in [-0.2, 0) is 0 Å². The number of aliphatic hydroxyl groups excluding tert-OH is 1. The Balaban J connectivity index is 1.90. The van der Waals surface area contributed by atoms with Crippen molar-refractivity contribution in [2.75, 3.05) is 13.7 Å². The Bertz CT molecular complexity index is 774. The monoisotopic (exact) mass is 358 g/mol. The lowest BCUT2D eigenvalue weighted by molar-refractivity contribution is 0.226. The number of aromatic nitrogens is 2. The molecule has 3 atom stereocenters. The van der Waals surface area contributed by atoms with Crippen LogP contribution in [0.25, 0.3) is 15.8 Å². The maximum absolute atomic E-state index is 9.47. The van der Waals surface area contributed by atoms with Crippen LogP contribution in [0.5, 0.6) is 0 Å². The summed E-state index contributed by atoms with van der Waals surface area (Å²) in [6.45, 7) is 6.70. The van der Waals surface area contributed by atoms with Crippen molar-refractivity contribution in [3.8, 4) is 0 Å². The van der Waals surface area contributed by atoms with Gasteiger partial charge in [0, 0.05) is 25.9 Å². The Kier molecular flexibility index (Phi) is 5.49. The summed E-state index contributed by atoms with van der Waals surface area (Å²) in [6, 6.07) is 2.33. The lowest BCUT2D eigenvalue weighted by Gasteiger charge is -2.21. The number of aliphatic imine (C=N–C) groups is 1. The van der Waals surface area contributed by atoms with Gasteiger partial charge in [0.25, 0.3) is 0 Å². The van der Waals surface area contributed by atoms with E-state index in [1.54, 1.807) is 23.7 Å². The van der Waals surface area contributed by atoms with Gasteiger partial charge in [-0.1, -0.05) is 12.5 Å². The molecule has 2 aromatic heterocycles. The maximum Gasteiger partial charge on any atom is 0.131 e. The Morgan fingerprint density at radius 2 is 2.20 bits per heavy atom. The fourth-order valence-corrected chi connectivity index (χ4v) is 4.68. The zero-order chi connectivity index (χ0) is 18.0. The van der Waals surface area contributed by atoms with Crippen LogP contribution < -0.4 is 5.32 Å². The first kappa shape index (κ1) is 18.0. The van der Waals surface area contributed by atoms with E-state index in [1.807, 2.05) is 13.1 Å². The first-order valence-electron chi connectivity index (χ1n) is 8.76. The number of allylic oxidation sites excluding steroid dienone is 1. The van der Waals surface area contributed by atoms with Gasteiger partial charge < -0.3 is 10.4 Å². The normalized spacial score (nSPS) is 23.9. The van der Waals surface area contributed by atoms with Crippen molar-refractivity contribution in [1.29, 1.82) is 0 Å². The molecule has 0 aliphatic heterocycles. The second kappa shape index (κ2) is 7.62. The Hall–Kier alpha value is -1.79. The van der Waals surface area contributed by atoms with E-state index >= 15 is 0 Å². The van der Waals surface area contributed by atoms with Gasteiger partial charge in [-0.3, -0.25) is 9.98 Å². The zero-order valence-corrected chi connectivity index (χ0v) is 16.1. The maximum atomic E-state index is 9.47. The molecular weight excluding hydrogens is 332 g/mol. The van der Waals surface area contributed by atoms with Crippen LogP contribution in [-0.4, -0.2) is 40.6 Å². The van der Waals surface area contributed by atoms with Crippen LogP contribution in [0.15, 0.2) is 29.0 Å². The molecule has 1 fully saturated rings. The number of nitrogens with one attached hydrogen (secondary N) is 1. The zero-order valence-electron chi connectivity index (χ0n) is 15.3. The molecule has 134 valence electrons. The van der Waals surface area contributed by atoms with E-state index in [-0.39, 0.29) is 6.61 Å². The molecule has 5 nitrogen and oxygen atoms in total. The highest BCUT2D eigenvalue weighted by atomic mass is 32.1. The Morgan fingerprint density at radius 1 is 1.40 bits per heavy atom. The van der Waals surface area contributed by atoms with Gasteiger partial charge in [0.15, 0.2) is 0 Å². The van der Waals surface area contributed by atoms with Crippen molar-refractivity contribution in [2.24, 2.45) is 16.8 Å². The molecule has 1 aliphatic rings. The first-order chi connectivity index (χ1) is 12.0. The highest BCUT2D eigenvalue weighted by Gasteiger charge is 2.32. The number of rotatable bonds is 4. The van der Waals surface area contributed by atoms with Crippen molar-refractivity contribution in [1.82, 2.24) is 15.3 Å². The third-order valence-corrected chi connectivity index (χ3v) is 5.98. The van der Waals surface area contributed by atoms with Gasteiger partial charge in [-0.05, 0) is 44.6 Å². The fraction of sp³-hybridized carbons (Fsp3) is 0.526. The number of amidine groups is 1. The SMILES string of the molecule is CN=C(NC1CC(CO)CC1C)C(=C(C)C)c1nc2cnccc2s1. The predicted octanol–water partition coefficient (Wildman–Crippen LogP) is 3.51. The number of pyridine rings is 1. The molecular formula is C19H26N4OS. The average molecular weight is 359 g/mol. The third-order valence-electron chi connectivity index (χ3n) is 4.92. The lowest BCUT2D eigenvalue weighted by atomic mass is 10.0. The molecule has 2 aromatic rings. The molecule has 0 spiro atoms. The van der Waals surface area contributed by atoms with Crippen LogP contribution in [0.2, 0.25) is 0 Å². The number of thiazole rings is 1. The largest absolute Gasteiger partial charge is 0.396 e. The summed E-state index contributed by atoms with van der Waals surface area (Å²) in [4.78, 5) is 13.5. The van der Waals surface area contributed by atoms with Crippen LogP contribution in [0, 0.1) is 11.8 Å². The highest BCUT2D eigenvalue weighted by molar-refractivity contribution is 7.19. The topological polar surface area (TPSA) is 70.4 Å². The second-order valence-corrected chi connectivity index (χ2v) is 8.09. The van der Waals surface area contributed by atoms with Crippen molar-refractivity contribution < 1.29 is 5.11 Å². The first-order valence-corrected chi connectivity index (χ1v) is 9.58. The van der Waals surface area contributed by atoms with Crippen LogP contribution in [0.1, 0.15) is 38.6 Å². The molecule has 0 amide bonds. The van der Waals surface area contributed by atoms with Gasteiger partial charge in [0.05, 0.1) is 16.5 Å². The minimum absolute atomic E-state index is 0.265. The highest BCUT2D eigenvalue weighted by Crippen LogP contribution is 2.33. The van der Waals surface area contributed by atoms with E-state index in [2.05, 4.69) is 36.1 Å².